The number of benzene rings is 1. The number of piperazine rings is 1. The van der Waals surface area contributed by atoms with E-state index >= 15 is 0 Å². The van der Waals surface area contributed by atoms with Gasteiger partial charge in [0.15, 0.2) is 0 Å². The Morgan fingerprint density at radius 3 is 2.59 bits per heavy atom. The fourth-order valence-corrected chi connectivity index (χ4v) is 3.55. The molecule has 3 rings (SSSR count). The van der Waals surface area contributed by atoms with Crippen LogP contribution in [0, 0.1) is 0 Å². The number of halogens is 1. The number of nitrogens with one attached hydrogen (secondary N) is 1. The maximum atomic E-state index is 12.5. The molecule has 0 saturated carbocycles. The van der Waals surface area contributed by atoms with Crippen molar-refractivity contribution in [1.82, 2.24) is 9.88 Å². The largest absolute Gasteiger partial charge is 0.478 e. The van der Waals surface area contributed by atoms with Crippen molar-refractivity contribution in [3.05, 3.63) is 47.1 Å². The molecule has 0 unspecified atom stereocenters. The van der Waals surface area contributed by atoms with Crippen molar-refractivity contribution in [3.63, 3.8) is 0 Å². The lowest BCUT2D eigenvalue weighted by molar-refractivity contribution is 0.0696. The molecule has 1 aliphatic rings. The molecule has 0 aliphatic carbocycles. The predicted molar refractivity (Wildman–Crippen MR) is 107 cm³/mol. The number of hydrogen-bond donors (Lipinski definition) is 2. The first-order valence-corrected chi connectivity index (χ1v) is 9.92. The van der Waals surface area contributed by atoms with Crippen molar-refractivity contribution >= 4 is 46.9 Å². The molecule has 9 heteroatoms. The van der Waals surface area contributed by atoms with Gasteiger partial charge in [-0.2, -0.15) is 0 Å². The number of carboxylic acid groups (broad SMARTS) is 1. The van der Waals surface area contributed by atoms with Gasteiger partial charge in [0.2, 0.25) is 0 Å². The van der Waals surface area contributed by atoms with Gasteiger partial charge in [0.25, 0.3) is 0 Å². The maximum absolute atomic E-state index is 12.5. The van der Waals surface area contributed by atoms with Crippen LogP contribution < -0.4 is 10.2 Å². The Hall–Kier alpha value is -2.45. The number of pyridine rings is 1. The highest BCUT2D eigenvalue weighted by atomic mass is 35.5. The standard InChI is InChI=1S/C18H19ClN4O3S/c1-27-14-4-2-3-13(10-14)21-18(26)23-7-5-22(6-8-23)16-15(19)9-12(11-20-16)17(24)25/h2-4,9-11H,5-8H2,1H3,(H,21,26)(H,24,25). The van der Waals surface area contributed by atoms with E-state index in [1.165, 1.54) is 12.3 Å². The summed E-state index contributed by atoms with van der Waals surface area (Å²) in [7, 11) is 0. The Morgan fingerprint density at radius 1 is 1.22 bits per heavy atom. The van der Waals surface area contributed by atoms with Crippen molar-refractivity contribution in [2.45, 2.75) is 4.90 Å². The van der Waals surface area contributed by atoms with Crippen LogP contribution in [-0.4, -0.2) is 59.4 Å². The molecule has 7 nitrogen and oxygen atoms in total. The Kier molecular flexibility index (Phi) is 6.08. The highest BCUT2D eigenvalue weighted by Gasteiger charge is 2.23. The summed E-state index contributed by atoms with van der Waals surface area (Å²) < 4.78 is 0. The molecular weight excluding hydrogens is 388 g/mol. The molecule has 1 aromatic heterocycles. The summed E-state index contributed by atoms with van der Waals surface area (Å²) in [4.78, 5) is 32.4. The van der Waals surface area contributed by atoms with Crippen LogP contribution in [0.1, 0.15) is 10.4 Å². The summed E-state index contributed by atoms with van der Waals surface area (Å²) in [6.07, 6.45) is 3.28. The van der Waals surface area contributed by atoms with Gasteiger partial charge < -0.3 is 20.2 Å². The Balaban J connectivity index is 1.60. The molecule has 0 bridgehead atoms. The number of thioether (sulfide) groups is 1. The Bertz CT molecular complexity index is 856. The zero-order valence-corrected chi connectivity index (χ0v) is 16.3. The molecule has 2 amide bonds. The summed E-state index contributed by atoms with van der Waals surface area (Å²) in [5.41, 5.74) is 0.817. The Morgan fingerprint density at radius 2 is 1.96 bits per heavy atom. The molecule has 2 N–H and O–H groups in total. The molecule has 0 spiro atoms. The number of nitrogens with zero attached hydrogens (tertiary/aromatic N) is 3. The van der Waals surface area contributed by atoms with Gasteiger partial charge in [0.05, 0.1) is 10.6 Å². The van der Waals surface area contributed by atoms with Crippen molar-refractivity contribution < 1.29 is 14.7 Å². The van der Waals surface area contributed by atoms with E-state index < -0.39 is 5.97 Å². The highest BCUT2D eigenvalue weighted by molar-refractivity contribution is 7.98. The molecule has 1 aromatic carbocycles. The van der Waals surface area contributed by atoms with E-state index in [1.807, 2.05) is 35.4 Å². The van der Waals surface area contributed by atoms with Gasteiger partial charge in [-0.25, -0.2) is 14.6 Å². The number of urea groups is 1. The predicted octanol–water partition coefficient (Wildman–Crippen LogP) is 3.51. The first-order valence-electron chi connectivity index (χ1n) is 8.31. The Labute approximate surface area is 166 Å². The monoisotopic (exact) mass is 406 g/mol. The van der Waals surface area contributed by atoms with E-state index in [-0.39, 0.29) is 11.6 Å². The SMILES string of the molecule is CSc1cccc(NC(=O)N2CCN(c3ncc(C(=O)O)cc3Cl)CC2)c1. The molecule has 2 aromatic rings. The molecule has 1 aliphatic heterocycles. The average Bonchev–Trinajstić information content (AvgIpc) is 2.68. The molecule has 1 fully saturated rings. The third kappa shape index (κ3) is 4.64. The first kappa shape index (κ1) is 19.3. The zero-order valence-electron chi connectivity index (χ0n) is 14.7. The first-order chi connectivity index (χ1) is 13.0. The van der Waals surface area contributed by atoms with Gasteiger partial charge >= 0.3 is 12.0 Å². The van der Waals surface area contributed by atoms with Crippen molar-refractivity contribution in [2.75, 3.05) is 42.7 Å². The van der Waals surface area contributed by atoms with Crippen LogP contribution in [-0.2, 0) is 0 Å². The van der Waals surface area contributed by atoms with Crippen LogP contribution in [0.5, 0.6) is 0 Å². The third-order valence-corrected chi connectivity index (χ3v) is 5.26. The second-order valence-electron chi connectivity index (χ2n) is 5.97. The fraction of sp³-hybridized carbons (Fsp3) is 0.278. The third-order valence-electron chi connectivity index (χ3n) is 4.26. The lowest BCUT2D eigenvalue weighted by Gasteiger charge is -2.35. The van der Waals surface area contributed by atoms with Crippen molar-refractivity contribution in [3.8, 4) is 0 Å². The number of amides is 2. The topological polar surface area (TPSA) is 85.8 Å². The number of carbonyl (C=O) groups is 2. The maximum Gasteiger partial charge on any atom is 0.337 e. The van der Waals surface area contributed by atoms with Gasteiger partial charge in [-0.1, -0.05) is 17.7 Å². The van der Waals surface area contributed by atoms with E-state index in [0.29, 0.717) is 37.0 Å². The summed E-state index contributed by atoms with van der Waals surface area (Å²) in [6.45, 7) is 2.17. The van der Waals surface area contributed by atoms with Crippen LogP contribution in [0.25, 0.3) is 0 Å². The normalized spacial score (nSPS) is 14.1. The molecule has 1 saturated heterocycles. The molecule has 0 radical (unpaired) electrons. The summed E-state index contributed by atoms with van der Waals surface area (Å²) in [5.74, 6) is -0.530. The number of rotatable bonds is 4. The van der Waals surface area contributed by atoms with E-state index in [2.05, 4.69) is 10.3 Å². The number of aromatic nitrogens is 1. The summed E-state index contributed by atoms with van der Waals surface area (Å²) in [6, 6.07) is 8.95. The molecule has 2 heterocycles. The van der Waals surface area contributed by atoms with E-state index in [4.69, 9.17) is 16.7 Å². The van der Waals surface area contributed by atoms with Gasteiger partial charge in [0, 0.05) is 43.0 Å². The minimum absolute atomic E-state index is 0.0502. The van der Waals surface area contributed by atoms with Gasteiger partial charge in [-0.15, -0.1) is 11.8 Å². The lowest BCUT2D eigenvalue weighted by Crippen LogP contribution is -2.50. The average molecular weight is 407 g/mol. The second-order valence-corrected chi connectivity index (χ2v) is 7.26. The molecule has 27 heavy (non-hydrogen) atoms. The smallest absolute Gasteiger partial charge is 0.337 e. The molecule has 142 valence electrons. The van der Waals surface area contributed by atoms with Gasteiger partial charge in [-0.05, 0) is 30.5 Å². The number of carbonyl (C=O) groups excluding carboxylic acids is 1. The molecular formula is C18H19ClN4O3S. The minimum Gasteiger partial charge on any atom is -0.478 e. The minimum atomic E-state index is -1.07. The summed E-state index contributed by atoms with van der Waals surface area (Å²) in [5, 5.41) is 12.2. The van der Waals surface area contributed by atoms with Gasteiger partial charge in [-0.3, -0.25) is 0 Å². The van der Waals surface area contributed by atoms with Crippen LogP contribution in [0.2, 0.25) is 5.02 Å². The van der Waals surface area contributed by atoms with Crippen LogP contribution in [0.15, 0.2) is 41.4 Å². The van der Waals surface area contributed by atoms with Crippen LogP contribution >= 0.6 is 23.4 Å². The highest BCUT2D eigenvalue weighted by Crippen LogP contribution is 2.25. The van der Waals surface area contributed by atoms with E-state index in [9.17, 15) is 9.59 Å². The second kappa shape index (κ2) is 8.49. The number of anilines is 2. The lowest BCUT2D eigenvalue weighted by atomic mass is 10.2. The number of carboxylic acids is 1. The zero-order chi connectivity index (χ0) is 19.4. The van der Waals surface area contributed by atoms with Crippen LogP contribution in [0.4, 0.5) is 16.3 Å². The van der Waals surface area contributed by atoms with Crippen molar-refractivity contribution in [1.29, 1.82) is 0 Å². The summed E-state index contributed by atoms with van der Waals surface area (Å²) >= 11 is 7.80. The van der Waals surface area contributed by atoms with Crippen molar-refractivity contribution in [2.24, 2.45) is 0 Å². The number of hydrogen-bond acceptors (Lipinski definition) is 5. The number of aromatic carboxylic acids is 1. The quantitative estimate of drug-likeness (QED) is 0.756. The van der Waals surface area contributed by atoms with E-state index in [0.717, 1.165) is 10.6 Å². The van der Waals surface area contributed by atoms with Gasteiger partial charge in [0.1, 0.15) is 5.82 Å². The fourth-order valence-electron chi connectivity index (χ4n) is 2.81. The van der Waals surface area contributed by atoms with Crippen LogP contribution in [0.3, 0.4) is 0 Å². The molecule has 0 atom stereocenters. The van der Waals surface area contributed by atoms with E-state index in [1.54, 1.807) is 16.7 Å².